The summed E-state index contributed by atoms with van der Waals surface area (Å²) in [7, 11) is 0. The van der Waals surface area contributed by atoms with Gasteiger partial charge in [0.05, 0.1) is 30.5 Å². The van der Waals surface area contributed by atoms with Crippen molar-refractivity contribution in [3.63, 3.8) is 0 Å². The SMILES string of the molecule is C[C@H](/C=C/CCn1cc(C(CO)c2ccccc2)nn1)[C@@]1(O)C(=O)N(Cc2ccccc2)c2ccc(N3CCCC3=O)cc21. The first kappa shape index (κ1) is 29.5. The molecule has 1 fully saturated rings. The van der Waals surface area contributed by atoms with E-state index in [4.69, 9.17) is 0 Å². The number of benzene rings is 3. The van der Waals surface area contributed by atoms with Crippen molar-refractivity contribution in [3.8, 4) is 0 Å². The molecule has 1 aromatic heterocycles. The number of aryl methyl sites for hydroxylation is 1. The van der Waals surface area contributed by atoms with Crippen LogP contribution in [0.4, 0.5) is 11.4 Å². The van der Waals surface area contributed by atoms with E-state index in [1.54, 1.807) is 14.5 Å². The van der Waals surface area contributed by atoms with Crippen molar-refractivity contribution in [1.82, 2.24) is 15.0 Å². The van der Waals surface area contributed by atoms with E-state index < -0.39 is 11.5 Å². The predicted molar refractivity (Wildman–Crippen MR) is 168 cm³/mol. The van der Waals surface area contributed by atoms with Crippen molar-refractivity contribution in [2.45, 2.75) is 50.8 Å². The molecule has 226 valence electrons. The average Bonchev–Trinajstić information content (AvgIpc) is 3.75. The summed E-state index contributed by atoms with van der Waals surface area (Å²) in [6.07, 6.45) is 7.57. The number of hydrogen-bond donors (Lipinski definition) is 2. The summed E-state index contributed by atoms with van der Waals surface area (Å²) in [6.45, 7) is 3.29. The van der Waals surface area contributed by atoms with Gasteiger partial charge in [0.25, 0.3) is 5.91 Å². The van der Waals surface area contributed by atoms with Crippen molar-refractivity contribution in [2.24, 2.45) is 5.92 Å². The van der Waals surface area contributed by atoms with E-state index in [2.05, 4.69) is 10.3 Å². The highest BCUT2D eigenvalue weighted by Crippen LogP contribution is 2.47. The molecule has 3 heterocycles. The fourth-order valence-electron chi connectivity index (χ4n) is 6.23. The van der Waals surface area contributed by atoms with Crippen LogP contribution in [0.2, 0.25) is 0 Å². The molecule has 9 heteroatoms. The van der Waals surface area contributed by atoms with Crippen LogP contribution in [0.3, 0.4) is 0 Å². The van der Waals surface area contributed by atoms with Gasteiger partial charge in [0.15, 0.2) is 5.60 Å². The van der Waals surface area contributed by atoms with Gasteiger partial charge in [-0.25, -0.2) is 0 Å². The second-order valence-electron chi connectivity index (χ2n) is 11.6. The summed E-state index contributed by atoms with van der Waals surface area (Å²) >= 11 is 0. The molecule has 0 bridgehead atoms. The lowest BCUT2D eigenvalue weighted by Gasteiger charge is -2.28. The Morgan fingerprint density at radius 1 is 1.02 bits per heavy atom. The molecule has 2 N–H and O–H groups in total. The Labute approximate surface area is 257 Å². The second-order valence-corrected chi connectivity index (χ2v) is 11.6. The van der Waals surface area contributed by atoms with E-state index in [0.717, 1.165) is 17.5 Å². The van der Waals surface area contributed by atoms with Gasteiger partial charge in [0, 0.05) is 42.9 Å². The van der Waals surface area contributed by atoms with Crippen LogP contribution >= 0.6 is 0 Å². The van der Waals surface area contributed by atoms with E-state index >= 15 is 0 Å². The number of allylic oxidation sites excluding steroid dienone is 1. The van der Waals surface area contributed by atoms with Crippen LogP contribution in [0.15, 0.2) is 97.2 Å². The highest BCUT2D eigenvalue weighted by atomic mass is 16.3. The van der Waals surface area contributed by atoms with Crippen molar-refractivity contribution in [1.29, 1.82) is 0 Å². The lowest BCUT2D eigenvalue weighted by molar-refractivity contribution is -0.139. The number of hydrogen-bond acceptors (Lipinski definition) is 6. The summed E-state index contributed by atoms with van der Waals surface area (Å²) in [6, 6.07) is 25.0. The van der Waals surface area contributed by atoms with E-state index in [1.807, 2.05) is 104 Å². The van der Waals surface area contributed by atoms with Gasteiger partial charge in [-0.3, -0.25) is 14.3 Å². The minimum Gasteiger partial charge on any atom is -0.395 e. The number of anilines is 2. The van der Waals surface area contributed by atoms with E-state index in [-0.39, 0.29) is 24.3 Å². The molecule has 0 aliphatic carbocycles. The minimum atomic E-state index is -1.79. The molecular weight excluding hydrogens is 554 g/mol. The molecular formula is C35H37N5O4. The minimum absolute atomic E-state index is 0.0530. The summed E-state index contributed by atoms with van der Waals surface area (Å²) in [5.74, 6) is -1.11. The normalized spacial score (nSPS) is 19.6. The number of rotatable bonds is 11. The Morgan fingerprint density at radius 3 is 2.48 bits per heavy atom. The molecule has 2 amide bonds. The third kappa shape index (κ3) is 5.56. The van der Waals surface area contributed by atoms with Crippen LogP contribution < -0.4 is 9.80 Å². The third-order valence-electron chi connectivity index (χ3n) is 8.73. The van der Waals surface area contributed by atoms with Gasteiger partial charge in [-0.15, -0.1) is 5.10 Å². The van der Waals surface area contributed by atoms with Gasteiger partial charge in [-0.05, 0) is 42.2 Å². The van der Waals surface area contributed by atoms with Crippen molar-refractivity contribution < 1.29 is 19.8 Å². The van der Waals surface area contributed by atoms with Crippen molar-refractivity contribution >= 4 is 23.2 Å². The highest BCUT2D eigenvalue weighted by Gasteiger charge is 2.52. The topological polar surface area (TPSA) is 112 Å². The summed E-state index contributed by atoms with van der Waals surface area (Å²) in [5.41, 5.74) is 2.72. The number of nitrogens with zero attached hydrogens (tertiary/aromatic N) is 5. The molecule has 1 saturated heterocycles. The molecule has 3 aromatic carbocycles. The standard InChI is InChI=1S/C35H37N5O4/c1-25(11-8-9-19-38-23-31(36-37-38)29(24-41)27-14-6-3-7-15-27)35(44)30-21-28(39-20-10-16-33(39)42)17-18-32(30)40(34(35)43)22-26-12-4-2-5-13-26/h2-8,11-15,17-18,21,23,25,29,41,44H,9-10,16,19-20,22,24H2,1H3/b11-8+/t25-,29?,35+/m1/s1. The quantitative estimate of drug-likeness (QED) is 0.248. The molecule has 2 aliphatic heterocycles. The van der Waals surface area contributed by atoms with Crippen molar-refractivity contribution in [3.05, 3.63) is 120 Å². The summed E-state index contributed by atoms with van der Waals surface area (Å²) in [4.78, 5) is 29.9. The molecule has 44 heavy (non-hydrogen) atoms. The lowest BCUT2D eigenvalue weighted by Crippen LogP contribution is -2.44. The molecule has 9 nitrogen and oxygen atoms in total. The number of carbonyl (C=O) groups is 2. The molecule has 0 radical (unpaired) electrons. The maximum absolute atomic E-state index is 14.0. The number of aliphatic hydroxyl groups is 2. The van der Waals surface area contributed by atoms with Gasteiger partial charge >= 0.3 is 0 Å². The van der Waals surface area contributed by atoms with Crippen LogP contribution in [0.1, 0.15) is 54.5 Å². The van der Waals surface area contributed by atoms with Gasteiger partial charge in [0.2, 0.25) is 5.91 Å². The fraction of sp³-hybridized carbons (Fsp3) is 0.314. The van der Waals surface area contributed by atoms with Crippen LogP contribution in [-0.4, -0.2) is 50.2 Å². The second kappa shape index (κ2) is 12.6. The fourth-order valence-corrected chi connectivity index (χ4v) is 6.23. The summed E-state index contributed by atoms with van der Waals surface area (Å²) in [5, 5.41) is 30.7. The Balaban J connectivity index is 1.20. The van der Waals surface area contributed by atoms with Crippen LogP contribution in [0, 0.1) is 5.92 Å². The van der Waals surface area contributed by atoms with Crippen LogP contribution in [-0.2, 0) is 28.3 Å². The van der Waals surface area contributed by atoms with Gasteiger partial charge < -0.3 is 20.0 Å². The summed E-state index contributed by atoms with van der Waals surface area (Å²) < 4.78 is 1.74. The highest BCUT2D eigenvalue weighted by molar-refractivity contribution is 6.08. The van der Waals surface area contributed by atoms with E-state index in [9.17, 15) is 19.8 Å². The maximum Gasteiger partial charge on any atom is 0.264 e. The monoisotopic (exact) mass is 591 g/mol. The van der Waals surface area contributed by atoms with Crippen LogP contribution in [0.25, 0.3) is 0 Å². The number of amides is 2. The van der Waals surface area contributed by atoms with Gasteiger partial charge in [-0.1, -0.05) is 85.0 Å². The number of aromatic nitrogens is 3. The number of fused-ring (bicyclic) bond motifs is 1. The van der Waals surface area contributed by atoms with Crippen molar-refractivity contribution in [2.75, 3.05) is 23.0 Å². The van der Waals surface area contributed by atoms with E-state index in [1.165, 1.54) is 0 Å². The smallest absolute Gasteiger partial charge is 0.264 e. The third-order valence-corrected chi connectivity index (χ3v) is 8.73. The first-order chi connectivity index (χ1) is 21.4. The molecule has 0 saturated carbocycles. The molecule has 2 aliphatic rings. The molecule has 3 atom stereocenters. The number of carbonyl (C=O) groups excluding carboxylic acids is 2. The molecule has 0 spiro atoms. The Morgan fingerprint density at radius 2 is 1.77 bits per heavy atom. The zero-order valence-corrected chi connectivity index (χ0v) is 24.8. The first-order valence-corrected chi connectivity index (χ1v) is 15.2. The zero-order valence-electron chi connectivity index (χ0n) is 24.8. The van der Waals surface area contributed by atoms with Crippen LogP contribution in [0.5, 0.6) is 0 Å². The zero-order chi connectivity index (χ0) is 30.7. The average molecular weight is 592 g/mol. The molecule has 1 unspecified atom stereocenters. The Kier molecular flexibility index (Phi) is 8.41. The molecule has 4 aromatic rings. The lowest BCUT2D eigenvalue weighted by atomic mass is 9.82. The van der Waals surface area contributed by atoms with Gasteiger partial charge in [-0.2, -0.15) is 0 Å². The Hall–Kier alpha value is -4.60. The predicted octanol–water partition coefficient (Wildman–Crippen LogP) is 4.55. The molecule has 6 rings (SSSR count). The van der Waals surface area contributed by atoms with E-state index in [0.29, 0.717) is 55.1 Å². The first-order valence-electron chi connectivity index (χ1n) is 15.2. The largest absolute Gasteiger partial charge is 0.395 e. The number of aliphatic hydroxyl groups excluding tert-OH is 1. The Bertz CT molecular complexity index is 1650. The van der Waals surface area contributed by atoms with Gasteiger partial charge in [0.1, 0.15) is 0 Å². The maximum atomic E-state index is 14.0.